The van der Waals surface area contributed by atoms with Crippen molar-refractivity contribution in [3.8, 4) is 0 Å². The number of benzene rings is 3. The molecule has 150 valence electrons. The summed E-state index contributed by atoms with van der Waals surface area (Å²) in [6, 6.07) is 20.8. The van der Waals surface area contributed by atoms with Crippen LogP contribution in [0.1, 0.15) is 41.6 Å². The molecule has 6 heteroatoms. The van der Waals surface area contributed by atoms with E-state index >= 15 is 0 Å². The van der Waals surface area contributed by atoms with Crippen molar-refractivity contribution >= 4 is 17.1 Å². The Bertz CT molecular complexity index is 945. The Labute approximate surface area is 167 Å². The van der Waals surface area contributed by atoms with Crippen molar-refractivity contribution in [2.75, 3.05) is 16.4 Å². The Morgan fingerprint density at radius 1 is 0.724 bits per heavy atom. The third-order valence-electron chi connectivity index (χ3n) is 5.47. The van der Waals surface area contributed by atoms with E-state index in [0.29, 0.717) is 11.4 Å². The minimum absolute atomic E-state index is 0.0154. The standard InChI is InChI=1S/C23H22F3N3/c24-23(25,26)17-7-9-20(10-8-17)29-21(15-3-1-5-18(27)13-15)11-12-22(29)16-4-2-6-19(28)14-16/h1-10,13-14,21-22H,11-12,27-28H2/t21-,22?/m1/s1. The van der Waals surface area contributed by atoms with Crippen LogP contribution in [0.3, 0.4) is 0 Å². The molecule has 4 rings (SSSR count). The second-order valence-corrected chi connectivity index (χ2v) is 7.40. The van der Waals surface area contributed by atoms with Crippen LogP contribution in [-0.2, 0) is 6.18 Å². The van der Waals surface area contributed by atoms with Crippen LogP contribution in [-0.4, -0.2) is 0 Å². The fraction of sp³-hybridized carbons (Fsp3) is 0.217. The summed E-state index contributed by atoms with van der Waals surface area (Å²) in [4.78, 5) is 2.18. The zero-order chi connectivity index (χ0) is 20.6. The monoisotopic (exact) mass is 397 g/mol. The van der Waals surface area contributed by atoms with Crippen LogP contribution in [0, 0.1) is 0 Å². The van der Waals surface area contributed by atoms with Gasteiger partial charge < -0.3 is 16.4 Å². The van der Waals surface area contributed by atoms with Crippen LogP contribution in [0.15, 0.2) is 72.8 Å². The molecule has 29 heavy (non-hydrogen) atoms. The molecule has 1 aliphatic heterocycles. The average molecular weight is 397 g/mol. The summed E-state index contributed by atoms with van der Waals surface area (Å²) < 4.78 is 39.1. The van der Waals surface area contributed by atoms with Gasteiger partial charge in [0.15, 0.2) is 0 Å². The van der Waals surface area contributed by atoms with Gasteiger partial charge in [-0.15, -0.1) is 0 Å². The van der Waals surface area contributed by atoms with E-state index < -0.39 is 11.7 Å². The highest BCUT2D eigenvalue weighted by Crippen LogP contribution is 2.47. The molecule has 4 N–H and O–H groups in total. The Balaban J connectivity index is 1.77. The van der Waals surface area contributed by atoms with Gasteiger partial charge in [0.2, 0.25) is 0 Å². The summed E-state index contributed by atoms with van der Waals surface area (Å²) in [5.74, 6) is 0. The van der Waals surface area contributed by atoms with Crippen molar-refractivity contribution in [3.63, 3.8) is 0 Å². The predicted molar refractivity (Wildman–Crippen MR) is 110 cm³/mol. The smallest absolute Gasteiger partial charge is 0.399 e. The molecule has 0 bridgehead atoms. The summed E-state index contributed by atoms with van der Waals surface area (Å²) in [6.07, 6.45) is -2.63. The molecule has 0 aromatic heterocycles. The summed E-state index contributed by atoms with van der Waals surface area (Å²) in [5.41, 5.74) is 15.5. The number of rotatable bonds is 3. The van der Waals surface area contributed by atoms with E-state index in [1.54, 1.807) is 12.1 Å². The van der Waals surface area contributed by atoms with Crippen molar-refractivity contribution < 1.29 is 13.2 Å². The molecule has 0 amide bonds. The van der Waals surface area contributed by atoms with E-state index in [4.69, 9.17) is 11.5 Å². The van der Waals surface area contributed by atoms with Crippen LogP contribution in [0.4, 0.5) is 30.2 Å². The van der Waals surface area contributed by atoms with Gasteiger partial charge in [-0.2, -0.15) is 13.2 Å². The predicted octanol–water partition coefficient (Wildman–Crippen LogP) is 5.95. The maximum atomic E-state index is 13.0. The first kappa shape index (κ1) is 19.2. The molecule has 1 heterocycles. The number of alkyl halides is 3. The zero-order valence-corrected chi connectivity index (χ0v) is 15.7. The minimum atomic E-state index is -4.36. The van der Waals surface area contributed by atoms with Gasteiger partial charge in [-0.25, -0.2) is 0 Å². The van der Waals surface area contributed by atoms with E-state index in [0.717, 1.165) is 41.8 Å². The van der Waals surface area contributed by atoms with Crippen LogP contribution in [0.2, 0.25) is 0 Å². The molecule has 1 saturated heterocycles. The normalized spacial score (nSPS) is 19.5. The van der Waals surface area contributed by atoms with Gasteiger partial charge >= 0.3 is 6.18 Å². The molecular weight excluding hydrogens is 375 g/mol. The topological polar surface area (TPSA) is 55.3 Å². The van der Waals surface area contributed by atoms with Crippen molar-refractivity contribution in [2.24, 2.45) is 0 Å². The summed E-state index contributed by atoms with van der Waals surface area (Å²) >= 11 is 0. The van der Waals surface area contributed by atoms with Crippen molar-refractivity contribution in [3.05, 3.63) is 89.5 Å². The second kappa shape index (κ2) is 7.35. The number of nitrogens with zero attached hydrogens (tertiary/aromatic N) is 1. The lowest BCUT2D eigenvalue weighted by Gasteiger charge is -2.33. The molecule has 3 aromatic carbocycles. The average Bonchev–Trinajstić information content (AvgIpc) is 3.12. The van der Waals surface area contributed by atoms with E-state index in [2.05, 4.69) is 4.90 Å². The Hall–Kier alpha value is -3.15. The van der Waals surface area contributed by atoms with Gasteiger partial charge in [0.05, 0.1) is 17.6 Å². The SMILES string of the molecule is Nc1cccc(C2CC[C@H](c3cccc(N)c3)N2c2ccc(C(F)(F)F)cc2)c1. The molecule has 3 aromatic rings. The minimum Gasteiger partial charge on any atom is -0.399 e. The Morgan fingerprint density at radius 2 is 1.21 bits per heavy atom. The summed E-state index contributed by atoms with van der Waals surface area (Å²) in [5, 5.41) is 0. The van der Waals surface area contributed by atoms with E-state index in [-0.39, 0.29) is 12.1 Å². The molecule has 0 aliphatic carbocycles. The fourth-order valence-electron chi connectivity index (χ4n) is 4.18. The zero-order valence-electron chi connectivity index (χ0n) is 15.7. The van der Waals surface area contributed by atoms with Gasteiger partial charge in [-0.05, 0) is 72.5 Å². The number of anilines is 3. The molecule has 0 radical (unpaired) electrons. The first-order valence-corrected chi connectivity index (χ1v) is 9.49. The first-order chi connectivity index (χ1) is 13.8. The molecule has 1 fully saturated rings. The molecule has 1 aliphatic rings. The maximum absolute atomic E-state index is 13.0. The van der Waals surface area contributed by atoms with Crippen molar-refractivity contribution in [1.82, 2.24) is 0 Å². The highest BCUT2D eigenvalue weighted by molar-refractivity contribution is 5.56. The lowest BCUT2D eigenvalue weighted by Crippen LogP contribution is -2.26. The molecular formula is C23H22F3N3. The lowest BCUT2D eigenvalue weighted by molar-refractivity contribution is -0.137. The van der Waals surface area contributed by atoms with E-state index in [1.165, 1.54) is 0 Å². The second-order valence-electron chi connectivity index (χ2n) is 7.40. The third kappa shape index (κ3) is 3.88. The first-order valence-electron chi connectivity index (χ1n) is 9.49. The third-order valence-corrected chi connectivity index (χ3v) is 5.47. The van der Waals surface area contributed by atoms with Crippen molar-refractivity contribution in [1.29, 1.82) is 0 Å². The van der Waals surface area contributed by atoms with E-state index in [1.807, 2.05) is 48.5 Å². The van der Waals surface area contributed by atoms with Crippen LogP contribution in [0.5, 0.6) is 0 Å². The molecule has 3 nitrogen and oxygen atoms in total. The van der Waals surface area contributed by atoms with Crippen LogP contribution in [0.25, 0.3) is 0 Å². The largest absolute Gasteiger partial charge is 0.416 e. The number of nitrogen functional groups attached to an aromatic ring is 2. The maximum Gasteiger partial charge on any atom is 0.416 e. The summed E-state index contributed by atoms with van der Waals surface area (Å²) in [7, 11) is 0. The fourth-order valence-corrected chi connectivity index (χ4v) is 4.18. The van der Waals surface area contributed by atoms with Gasteiger partial charge in [-0.1, -0.05) is 24.3 Å². The van der Waals surface area contributed by atoms with Gasteiger partial charge in [0.1, 0.15) is 0 Å². The highest BCUT2D eigenvalue weighted by Gasteiger charge is 2.36. The lowest BCUT2D eigenvalue weighted by atomic mass is 10.0. The highest BCUT2D eigenvalue weighted by atomic mass is 19.4. The quantitative estimate of drug-likeness (QED) is 0.537. The molecule has 2 atom stereocenters. The molecule has 0 spiro atoms. The van der Waals surface area contributed by atoms with Gasteiger partial charge in [-0.3, -0.25) is 0 Å². The van der Waals surface area contributed by atoms with E-state index in [9.17, 15) is 13.2 Å². The van der Waals surface area contributed by atoms with Gasteiger partial charge in [0, 0.05) is 17.1 Å². The summed E-state index contributed by atoms with van der Waals surface area (Å²) in [6.45, 7) is 0. The number of hydrogen-bond acceptors (Lipinski definition) is 3. The number of hydrogen-bond donors (Lipinski definition) is 2. The van der Waals surface area contributed by atoms with Crippen molar-refractivity contribution in [2.45, 2.75) is 31.1 Å². The van der Waals surface area contributed by atoms with Gasteiger partial charge in [0.25, 0.3) is 0 Å². The molecule has 1 unspecified atom stereocenters. The Morgan fingerprint density at radius 3 is 1.62 bits per heavy atom. The molecule has 0 saturated carbocycles. The number of nitrogens with two attached hydrogens (primary N) is 2. The number of halogens is 3. The Kier molecular flexibility index (Phi) is 4.86. The van der Waals surface area contributed by atoms with Crippen LogP contribution < -0.4 is 16.4 Å². The van der Waals surface area contributed by atoms with Crippen LogP contribution >= 0.6 is 0 Å².